The second-order valence-electron chi connectivity index (χ2n) is 4.94. The molecular weight excluding hydrogens is 342 g/mol. The Balaban J connectivity index is 2.82. The average molecular weight is 360 g/mol. The molecule has 0 atom stereocenters. The molecule has 1 N–H and O–H groups in total. The fourth-order valence-electron chi connectivity index (χ4n) is 1.77. The van der Waals surface area contributed by atoms with Crippen LogP contribution in [-0.2, 0) is 11.3 Å². The van der Waals surface area contributed by atoms with Crippen molar-refractivity contribution in [2.75, 3.05) is 33.7 Å². The maximum atomic E-state index is 10.9. The number of hydrogen-bond acceptors (Lipinski definition) is 5. The first kappa shape index (κ1) is 17.5. The summed E-state index contributed by atoms with van der Waals surface area (Å²) in [5.74, 6) is -0.896. The topological polar surface area (TPSA) is 86.9 Å². The van der Waals surface area contributed by atoms with Crippen LogP contribution in [0, 0.1) is 10.1 Å². The lowest BCUT2D eigenvalue weighted by Crippen LogP contribution is -2.35. The number of carbonyl (C=O) groups is 1. The minimum absolute atomic E-state index is 0.00343. The number of nitrogens with zero attached hydrogens (tertiary/aromatic N) is 3. The summed E-state index contributed by atoms with van der Waals surface area (Å²) in [4.78, 5) is 24.9. The quantitative estimate of drug-likeness (QED) is 0.562. The molecule has 0 amide bonds. The Morgan fingerprint density at radius 3 is 2.52 bits per heavy atom. The number of carboxylic acids is 1. The zero-order valence-corrected chi connectivity index (χ0v) is 13.5. The molecule has 0 saturated heterocycles. The molecule has 0 heterocycles. The van der Waals surface area contributed by atoms with E-state index in [1.165, 1.54) is 12.1 Å². The molecule has 0 spiro atoms. The van der Waals surface area contributed by atoms with Crippen LogP contribution in [-0.4, -0.2) is 59.5 Å². The SMILES string of the molecule is CN(C)CCN(CC(=O)O)Cc1ccc([N+](=O)[O-])cc1Br. The van der Waals surface area contributed by atoms with Gasteiger partial charge in [0.1, 0.15) is 0 Å². The molecule has 0 aromatic heterocycles. The van der Waals surface area contributed by atoms with Gasteiger partial charge in [0.05, 0.1) is 11.5 Å². The van der Waals surface area contributed by atoms with Gasteiger partial charge in [-0.25, -0.2) is 0 Å². The van der Waals surface area contributed by atoms with Gasteiger partial charge in [-0.1, -0.05) is 15.9 Å². The fourth-order valence-corrected chi connectivity index (χ4v) is 2.26. The fraction of sp³-hybridized carbons (Fsp3) is 0.462. The van der Waals surface area contributed by atoms with Gasteiger partial charge >= 0.3 is 5.97 Å². The molecule has 0 unspecified atom stereocenters. The lowest BCUT2D eigenvalue weighted by atomic mass is 10.2. The van der Waals surface area contributed by atoms with Crippen molar-refractivity contribution in [3.05, 3.63) is 38.3 Å². The molecule has 1 aromatic rings. The maximum Gasteiger partial charge on any atom is 0.317 e. The van der Waals surface area contributed by atoms with Gasteiger partial charge in [-0.05, 0) is 25.7 Å². The molecule has 0 aliphatic heterocycles. The number of carboxylic acid groups (broad SMARTS) is 1. The highest BCUT2D eigenvalue weighted by molar-refractivity contribution is 9.10. The van der Waals surface area contributed by atoms with E-state index in [0.29, 0.717) is 17.6 Å². The number of nitro groups is 1. The minimum Gasteiger partial charge on any atom is -0.480 e. The number of aliphatic carboxylic acids is 1. The summed E-state index contributed by atoms with van der Waals surface area (Å²) in [6, 6.07) is 4.50. The Hall–Kier alpha value is -1.51. The van der Waals surface area contributed by atoms with Gasteiger partial charge in [-0.2, -0.15) is 0 Å². The van der Waals surface area contributed by atoms with Crippen LogP contribution in [0.3, 0.4) is 0 Å². The molecule has 1 aromatic carbocycles. The lowest BCUT2D eigenvalue weighted by Gasteiger charge is -2.22. The highest BCUT2D eigenvalue weighted by atomic mass is 79.9. The average Bonchev–Trinajstić information content (AvgIpc) is 2.37. The summed E-state index contributed by atoms with van der Waals surface area (Å²) in [6.45, 7) is 1.68. The summed E-state index contributed by atoms with van der Waals surface area (Å²) in [5, 5.41) is 19.7. The summed E-state index contributed by atoms with van der Waals surface area (Å²) in [7, 11) is 3.83. The lowest BCUT2D eigenvalue weighted by molar-refractivity contribution is -0.384. The van der Waals surface area contributed by atoms with Crippen LogP contribution in [0.5, 0.6) is 0 Å². The van der Waals surface area contributed by atoms with E-state index in [9.17, 15) is 14.9 Å². The van der Waals surface area contributed by atoms with Crippen molar-refractivity contribution in [2.24, 2.45) is 0 Å². The van der Waals surface area contributed by atoms with E-state index in [4.69, 9.17) is 5.11 Å². The van der Waals surface area contributed by atoms with Crippen LogP contribution in [0.4, 0.5) is 5.69 Å². The van der Waals surface area contributed by atoms with Crippen molar-refractivity contribution < 1.29 is 14.8 Å². The first-order valence-corrected chi connectivity index (χ1v) is 7.10. The van der Waals surface area contributed by atoms with Gasteiger partial charge < -0.3 is 10.0 Å². The van der Waals surface area contributed by atoms with E-state index >= 15 is 0 Å². The Morgan fingerprint density at radius 2 is 2.05 bits per heavy atom. The van der Waals surface area contributed by atoms with Crippen molar-refractivity contribution in [3.63, 3.8) is 0 Å². The number of hydrogen-bond donors (Lipinski definition) is 1. The molecule has 0 fully saturated rings. The third-order valence-electron chi connectivity index (χ3n) is 2.86. The summed E-state index contributed by atoms with van der Waals surface area (Å²) >= 11 is 3.30. The number of halogens is 1. The Kier molecular flexibility index (Phi) is 6.73. The first-order valence-electron chi connectivity index (χ1n) is 6.31. The minimum atomic E-state index is -0.896. The molecule has 0 aliphatic rings. The van der Waals surface area contributed by atoms with Gasteiger partial charge in [0.2, 0.25) is 0 Å². The predicted molar refractivity (Wildman–Crippen MR) is 82.3 cm³/mol. The molecule has 0 bridgehead atoms. The largest absolute Gasteiger partial charge is 0.480 e. The van der Waals surface area contributed by atoms with Crippen molar-refractivity contribution >= 4 is 27.6 Å². The van der Waals surface area contributed by atoms with E-state index in [0.717, 1.165) is 12.1 Å². The van der Waals surface area contributed by atoms with Crippen molar-refractivity contribution in [1.29, 1.82) is 0 Å². The van der Waals surface area contributed by atoms with Gasteiger partial charge in [0.15, 0.2) is 0 Å². The van der Waals surface area contributed by atoms with Crippen LogP contribution in [0.1, 0.15) is 5.56 Å². The molecule has 1 rings (SSSR count). The Bertz CT molecular complexity index is 522. The standard InChI is InChI=1S/C13H18BrN3O4/c1-15(2)5-6-16(9-13(18)19)8-10-3-4-11(17(20)21)7-12(10)14/h3-4,7H,5-6,8-9H2,1-2H3,(H,18,19). The number of nitro benzene ring substituents is 1. The zero-order valence-electron chi connectivity index (χ0n) is 12.0. The third-order valence-corrected chi connectivity index (χ3v) is 3.60. The van der Waals surface area contributed by atoms with Crippen LogP contribution < -0.4 is 0 Å². The molecular formula is C13H18BrN3O4. The molecule has 21 heavy (non-hydrogen) atoms. The van der Waals surface area contributed by atoms with E-state index in [1.807, 2.05) is 19.0 Å². The van der Waals surface area contributed by atoms with Gasteiger partial charge in [0.25, 0.3) is 5.69 Å². The second-order valence-corrected chi connectivity index (χ2v) is 5.79. The maximum absolute atomic E-state index is 10.9. The monoisotopic (exact) mass is 359 g/mol. The Labute approximate surface area is 131 Å². The number of non-ortho nitro benzene ring substituents is 1. The van der Waals surface area contributed by atoms with Crippen molar-refractivity contribution in [1.82, 2.24) is 9.80 Å². The molecule has 0 saturated carbocycles. The number of rotatable bonds is 8. The number of benzene rings is 1. The smallest absolute Gasteiger partial charge is 0.317 e. The van der Waals surface area contributed by atoms with Crippen LogP contribution in [0.2, 0.25) is 0 Å². The van der Waals surface area contributed by atoms with Crippen LogP contribution in [0.15, 0.2) is 22.7 Å². The highest BCUT2D eigenvalue weighted by Crippen LogP contribution is 2.24. The normalized spacial score (nSPS) is 11.1. The summed E-state index contributed by atoms with van der Waals surface area (Å²) in [5.41, 5.74) is 0.823. The molecule has 0 radical (unpaired) electrons. The molecule has 0 aliphatic carbocycles. The molecule has 7 nitrogen and oxygen atoms in total. The van der Waals surface area contributed by atoms with Gasteiger partial charge in [-0.3, -0.25) is 19.8 Å². The van der Waals surface area contributed by atoms with Crippen LogP contribution >= 0.6 is 15.9 Å². The second kappa shape index (κ2) is 8.06. The van der Waals surface area contributed by atoms with Crippen molar-refractivity contribution in [2.45, 2.75) is 6.54 Å². The Morgan fingerprint density at radius 1 is 1.38 bits per heavy atom. The highest BCUT2D eigenvalue weighted by Gasteiger charge is 2.14. The first-order chi connectivity index (χ1) is 9.79. The predicted octanol–water partition coefficient (Wildman–Crippen LogP) is 1.81. The molecule has 116 valence electrons. The van der Waals surface area contributed by atoms with Crippen molar-refractivity contribution in [3.8, 4) is 0 Å². The van der Waals surface area contributed by atoms with E-state index in [1.54, 1.807) is 11.0 Å². The third kappa shape index (κ3) is 6.19. The summed E-state index contributed by atoms with van der Waals surface area (Å²) < 4.78 is 0.608. The van der Waals surface area contributed by atoms with E-state index in [2.05, 4.69) is 15.9 Å². The van der Waals surface area contributed by atoms with E-state index in [-0.39, 0.29) is 12.2 Å². The van der Waals surface area contributed by atoms with E-state index < -0.39 is 10.9 Å². The molecule has 8 heteroatoms. The summed E-state index contributed by atoms with van der Waals surface area (Å²) in [6.07, 6.45) is 0. The number of likely N-dealkylation sites (N-methyl/N-ethyl adjacent to an activating group) is 1. The zero-order chi connectivity index (χ0) is 16.0. The van der Waals surface area contributed by atoms with Gasteiger partial charge in [-0.15, -0.1) is 0 Å². The van der Waals surface area contributed by atoms with Gasteiger partial charge in [0, 0.05) is 36.2 Å². The van der Waals surface area contributed by atoms with Crippen LogP contribution in [0.25, 0.3) is 0 Å².